The van der Waals surface area contributed by atoms with E-state index in [9.17, 15) is 13.2 Å². The maximum absolute atomic E-state index is 14.7. The number of nitrogens with zero attached hydrogens (tertiary/aromatic N) is 1. The van der Waals surface area contributed by atoms with Crippen LogP contribution in [-0.4, -0.2) is 10.9 Å². The number of nitrogens with one attached hydrogen (secondary N) is 1. The summed E-state index contributed by atoms with van der Waals surface area (Å²) >= 11 is 0. The summed E-state index contributed by atoms with van der Waals surface area (Å²) in [5.41, 5.74) is 2.82. The normalized spacial score (nSPS) is 18.7. The molecule has 0 spiro atoms. The maximum atomic E-state index is 14.7. The van der Waals surface area contributed by atoms with Gasteiger partial charge in [0.2, 0.25) is 0 Å². The van der Waals surface area contributed by atoms with Gasteiger partial charge in [0, 0.05) is 40.9 Å². The summed E-state index contributed by atoms with van der Waals surface area (Å²) in [5.74, 6) is -0.542. The van der Waals surface area contributed by atoms with Crippen LogP contribution in [0.5, 0.6) is 11.5 Å². The van der Waals surface area contributed by atoms with E-state index in [0.717, 1.165) is 23.9 Å². The van der Waals surface area contributed by atoms with Crippen LogP contribution in [0.1, 0.15) is 26.0 Å². The molecule has 0 radical (unpaired) electrons. The molecule has 7 heteroatoms. The lowest BCUT2D eigenvalue weighted by Crippen LogP contribution is -2.25. The number of fused-ring (bicyclic) bond motifs is 4. The Hall–Kier alpha value is -2.83. The van der Waals surface area contributed by atoms with Gasteiger partial charge in [0.15, 0.2) is 11.5 Å². The predicted molar refractivity (Wildman–Crippen MR) is 95.5 cm³/mol. The Morgan fingerprint density at radius 3 is 2.63 bits per heavy atom. The number of anilines is 2. The van der Waals surface area contributed by atoms with Gasteiger partial charge in [-0.1, -0.05) is 13.8 Å². The molecule has 27 heavy (non-hydrogen) atoms. The highest BCUT2D eigenvalue weighted by Crippen LogP contribution is 2.43. The lowest BCUT2D eigenvalue weighted by Gasteiger charge is -2.15. The monoisotopic (exact) mass is 374 g/mol. The molecule has 3 aromatic rings. The highest BCUT2D eigenvalue weighted by molar-refractivity contribution is 5.87. The summed E-state index contributed by atoms with van der Waals surface area (Å²) in [6, 6.07) is 9.62. The quantitative estimate of drug-likeness (QED) is 0.641. The van der Waals surface area contributed by atoms with Gasteiger partial charge >= 0.3 is 6.29 Å². The number of aryl methyl sites for hydroxylation is 1. The largest absolute Gasteiger partial charge is 0.586 e. The fourth-order valence-corrected chi connectivity index (χ4v) is 3.88. The average molecular weight is 374 g/mol. The standard InChI is InChI=1S/C20H17F3N2O2/c1-19(2)5-6-25-15-10-13(21)14(7-11(15)8-18(19)25)24-12-3-4-16-17(9-12)27-20(22,23)26-16/h3-4,7-10,24H,5-6H2,1-2H3. The molecule has 1 aromatic heterocycles. The molecule has 0 fully saturated rings. The summed E-state index contributed by atoms with van der Waals surface area (Å²) in [6.45, 7) is 5.24. The van der Waals surface area contributed by atoms with Crippen LogP contribution in [0.15, 0.2) is 36.4 Å². The van der Waals surface area contributed by atoms with E-state index in [1.165, 1.54) is 30.0 Å². The van der Waals surface area contributed by atoms with Gasteiger partial charge in [0.1, 0.15) is 5.82 Å². The van der Waals surface area contributed by atoms with Crippen LogP contribution >= 0.6 is 0 Å². The molecule has 5 rings (SSSR count). The van der Waals surface area contributed by atoms with Crippen molar-refractivity contribution in [3.63, 3.8) is 0 Å². The van der Waals surface area contributed by atoms with E-state index in [4.69, 9.17) is 0 Å². The highest BCUT2D eigenvalue weighted by atomic mass is 19.3. The van der Waals surface area contributed by atoms with Crippen molar-refractivity contribution in [2.24, 2.45) is 0 Å². The second-order valence-electron chi connectivity index (χ2n) is 7.66. The third-order valence-corrected chi connectivity index (χ3v) is 5.32. The highest BCUT2D eigenvalue weighted by Gasteiger charge is 2.43. The first-order chi connectivity index (χ1) is 12.7. The SMILES string of the molecule is CC1(C)CCn2c1cc1cc(Nc3ccc4c(c3)OC(F)(F)O4)c(F)cc12. The Morgan fingerprint density at radius 2 is 1.81 bits per heavy atom. The van der Waals surface area contributed by atoms with Crippen molar-refractivity contribution in [3.8, 4) is 11.5 Å². The van der Waals surface area contributed by atoms with E-state index >= 15 is 0 Å². The van der Waals surface area contributed by atoms with Gasteiger partial charge in [-0.15, -0.1) is 8.78 Å². The molecule has 4 nitrogen and oxygen atoms in total. The third-order valence-electron chi connectivity index (χ3n) is 5.32. The maximum Gasteiger partial charge on any atom is 0.586 e. The zero-order valence-electron chi connectivity index (χ0n) is 14.8. The molecular weight excluding hydrogens is 357 g/mol. The number of hydrogen-bond acceptors (Lipinski definition) is 3. The number of hydrogen-bond donors (Lipinski definition) is 1. The molecule has 2 aliphatic heterocycles. The zero-order valence-corrected chi connectivity index (χ0v) is 14.8. The van der Waals surface area contributed by atoms with Gasteiger partial charge in [-0.2, -0.15) is 0 Å². The molecule has 0 unspecified atom stereocenters. The van der Waals surface area contributed by atoms with Gasteiger partial charge in [-0.3, -0.25) is 0 Å². The van der Waals surface area contributed by atoms with Crippen molar-refractivity contribution < 1.29 is 22.6 Å². The van der Waals surface area contributed by atoms with Crippen molar-refractivity contribution in [1.29, 1.82) is 0 Å². The Balaban J connectivity index is 1.51. The Morgan fingerprint density at radius 1 is 1.04 bits per heavy atom. The van der Waals surface area contributed by atoms with Gasteiger partial charge in [-0.25, -0.2) is 4.39 Å². The van der Waals surface area contributed by atoms with E-state index in [1.807, 2.05) is 0 Å². The van der Waals surface area contributed by atoms with Crippen LogP contribution in [0.25, 0.3) is 10.9 Å². The fraction of sp³-hybridized carbons (Fsp3) is 0.300. The van der Waals surface area contributed by atoms with E-state index in [2.05, 4.69) is 39.3 Å². The number of aromatic nitrogens is 1. The topological polar surface area (TPSA) is 35.4 Å². The van der Waals surface area contributed by atoms with E-state index in [0.29, 0.717) is 5.69 Å². The first-order valence-electron chi connectivity index (χ1n) is 8.72. The summed E-state index contributed by atoms with van der Waals surface area (Å²) in [6.07, 6.45) is -2.65. The number of ether oxygens (including phenoxy) is 2. The molecule has 0 bridgehead atoms. The first-order valence-corrected chi connectivity index (χ1v) is 8.72. The van der Waals surface area contributed by atoms with Gasteiger partial charge in [0.05, 0.1) is 11.2 Å². The first kappa shape index (κ1) is 16.4. The molecule has 2 aliphatic rings. The minimum absolute atomic E-state index is 0.0486. The Bertz CT molecular complexity index is 1090. The van der Waals surface area contributed by atoms with Gasteiger partial charge < -0.3 is 19.4 Å². The molecule has 0 saturated carbocycles. The minimum atomic E-state index is -3.68. The molecule has 0 atom stereocenters. The Kier molecular flexibility index (Phi) is 3.10. The fourth-order valence-electron chi connectivity index (χ4n) is 3.88. The van der Waals surface area contributed by atoms with Crippen LogP contribution < -0.4 is 14.8 Å². The molecule has 140 valence electrons. The molecule has 1 N–H and O–H groups in total. The van der Waals surface area contributed by atoms with Crippen molar-refractivity contribution in [1.82, 2.24) is 4.57 Å². The number of halogens is 3. The molecule has 0 amide bonds. The number of alkyl halides is 2. The van der Waals surface area contributed by atoms with Crippen molar-refractivity contribution in [3.05, 3.63) is 47.9 Å². The van der Waals surface area contributed by atoms with Crippen LogP contribution in [0, 0.1) is 5.82 Å². The summed E-state index contributed by atoms with van der Waals surface area (Å²) in [7, 11) is 0. The molecule has 0 saturated heterocycles. The Labute approximate surface area is 153 Å². The zero-order chi connectivity index (χ0) is 19.0. The summed E-state index contributed by atoms with van der Waals surface area (Å²) in [4.78, 5) is 0. The lowest BCUT2D eigenvalue weighted by molar-refractivity contribution is -0.286. The van der Waals surface area contributed by atoms with Crippen LogP contribution in [-0.2, 0) is 12.0 Å². The molecule has 2 aromatic carbocycles. The van der Waals surface area contributed by atoms with Crippen molar-refractivity contribution >= 4 is 22.3 Å². The molecular formula is C20H17F3N2O2. The van der Waals surface area contributed by atoms with Crippen molar-refractivity contribution in [2.45, 2.75) is 38.5 Å². The number of rotatable bonds is 2. The summed E-state index contributed by atoms with van der Waals surface area (Å²) in [5, 5.41) is 3.88. The van der Waals surface area contributed by atoms with E-state index in [-0.39, 0.29) is 22.6 Å². The second-order valence-corrected chi connectivity index (χ2v) is 7.66. The van der Waals surface area contributed by atoms with E-state index < -0.39 is 12.1 Å². The second kappa shape index (κ2) is 5.12. The van der Waals surface area contributed by atoms with Crippen molar-refractivity contribution in [2.75, 3.05) is 5.32 Å². The van der Waals surface area contributed by atoms with Crippen LogP contribution in [0.3, 0.4) is 0 Å². The van der Waals surface area contributed by atoms with E-state index in [1.54, 1.807) is 6.07 Å². The smallest absolute Gasteiger partial charge is 0.395 e. The molecule has 3 heterocycles. The van der Waals surface area contributed by atoms with Crippen LogP contribution in [0.4, 0.5) is 24.5 Å². The number of benzene rings is 2. The predicted octanol–water partition coefficient (Wildman–Crippen LogP) is 5.53. The van der Waals surface area contributed by atoms with Gasteiger partial charge in [-0.05, 0) is 30.7 Å². The third kappa shape index (κ3) is 2.52. The minimum Gasteiger partial charge on any atom is -0.395 e. The van der Waals surface area contributed by atoms with Gasteiger partial charge in [0.25, 0.3) is 0 Å². The molecule has 0 aliphatic carbocycles. The summed E-state index contributed by atoms with van der Waals surface area (Å²) < 4.78 is 52.0. The lowest BCUT2D eigenvalue weighted by atomic mass is 9.88. The van der Waals surface area contributed by atoms with Crippen LogP contribution in [0.2, 0.25) is 0 Å². The average Bonchev–Trinajstić information content (AvgIpc) is 3.18.